The highest BCUT2D eigenvalue weighted by Gasteiger charge is 2.29. The molecule has 0 fully saturated rings. The molecule has 108 valence electrons. The van der Waals surface area contributed by atoms with Crippen LogP contribution < -0.4 is 5.32 Å². The van der Waals surface area contributed by atoms with Crippen molar-refractivity contribution in [2.45, 2.75) is 25.9 Å². The fraction of sp³-hybridized carbons (Fsp3) is 0.235. The average molecular weight is 302 g/mol. The summed E-state index contributed by atoms with van der Waals surface area (Å²) in [6.45, 7) is 3.83. The lowest BCUT2D eigenvalue weighted by molar-refractivity contribution is -0.116. The van der Waals surface area contributed by atoms with Gasteiger partial charge in [0.15, 0.2) is 0 Å². The first-order chi connectivity index (χ1) is 9.97. The smallest absolute Gasteiger partial charge is 0.231 e. The molecule has 0 saturated heterocycles. The molecule has 21 heavy (non-hydrogen) atoms. The van der Waals surface area contributed by atoms with Gasteiger partial charge in [0.25, 0.3) is 0 Å². The van der Waals surface area contributed by atoms with Gasteiger partial charge >= 0.3 is 0 Å². The predicted octanol–water partition coefficient (Wildman–Crippen LogP) is 3.79. The zero-order valence-corrected chi connectivity index (χ0v) is 12.6. The lowest BCUT2D eigenvalue weighted by Crippen LogP contribution is -2.08. The molecule has 2 atom stereocenters. The zero-order chi connectivity index (χ0) is 15.1. The summed E-state index contributed by atoms with van der Waals surface area (Å²) in [7, 11) is 0. The minimum Gasteiger partial charge on any atom is -0.384 e. The van der Waals surface area contributed by atoms with Crippen molar-refractivity contribution in [1.29, 1.82) is 0 Å². The maximum Gasteiger partial charge on any atom is 0.231 e. The van der Waals surface area contributed by atoms with E-state index in [1.54, 1.807) is 6.07 Å². The second kappa shape index (κ2) is 5.17. The predicted molar refractivity (Wildman–Crippen MR) is 83.7 cm³/mol. The number of carbonyl (C=O) groups is 1. The van der Waals surface area contributed by atoms with Crippen molar-refractivity contribution >= 4 is 23.2 Å². The van der Waals surface area contributed by atoms with Crippen LogP contribution in [0.2, 0.25) is 5.02 Å². The van der Waals surface area contributed by atoms with Crippen LogP contribution in [-0.4, -0.2) is 11.0 Å². The van der Waals surface area contributed by atoms with Gasteiger partial charge in [-0.3, -0.25) is 4.79 Å². The number of halogens is 1. The molecule has 0 bridgehead atoms. The Morgan fingerprint density at radius 1 is 1.19 bits per heavy atom. The van der Waals surface area contributed by atoms with Crippen LogP contribution >= 0.6 is 11.6 Å². The van der Waals surface area contributed by atoms with Gasteiger partial charge in [0.2, 0.25) is 5.91 Å². The van der Waals surface area contributed by atoms with Gasteiger partial charge in [0.1, 0.15) is 6.10 Å². The summed E-state index contributed by atoms with van der Waals surface area (Å²) in [5, 5.41) is 13.8. The van der Waals surface area contributed by atoms with Crippen LogP contribution in [0.15, 0.2) is 36.4 Å². The van der Waals surface area contributed by atoms with Gasteiger partial charge in [-0.2, -0.15) is 0 Å². The molecule has 2 N–H and O–H groups in total. The average Bonchev–Trinajstić information content (AvgIpc) is 2.76. The number of carbonyl (C=O) groups excluding carboxylic acids is 1. The Kier molecular flexibility index (Phi) is 3.47. The van der Waals surface area contributed by atoms with Crippen molar-refractivity contribution in [2.24, 2.45) is 0 Å². The number of aliphatic hydroxyl groups is 1. The van der Waals surface area contributed by atoms with Crippen LogP contribution in [0.5, 0.6) is 0 Å². The van der Waals surface area contributed by atoms with Gasteiger partial charge in [-0.1, -0.05) is 41.4 Å². The maximum atomic E-state index is 11.7. The Bertz CT molecular complexity index is 709. The molecule has 4 heteroatoms. The lowest BCUT2D eigenvalue weighted by Gasteiger charge is -2.15. The summed E-state index contributed by atoms with van der Waals surface area (Å²) >= 11 is 6.24. The highest BCUT2D eigenvalue weighted by atomic mass is 35.5. The molecule has 0 radical (unpaired) electrons. The van der Waals surface area contributed by atoms with Crippen molar-refractivity contribution in [3.8, 4) is 0 Å². The second-order valence-electron chi connectivity index (χ2n) is 5.49. The van der Waals surface area contributed by atoms with Crippen LogP contribution in [-0.2, 0) is 4.79 Å². The molecule has 0 spiro atoms. The van der Waals surface area contributed by atoms with Gasteiger partial charge in [-0.25, -0.2) is 0 Å². The number of aryl methyl sites for hydroxylation is 1. The van der Waals surface area contributed by atoms with Gasteiger partial charge in [-0.15, -0.1) is 0 Å². The summed E-state index contributed by atoms with van der Waals surface area (Å²) in [5.41, 5.74) is 4.15. The monoisotopic (exact) mass is 301 g/mol. The molecule has 2 aromatic rings. The van der Waals surface area contributed by atoms with Crippen LogP contribution in [0.1, 0.15) is 41.2 Å². The molecule has 2 unspecified atom stereocenters. The van der Waals surface area contributed by atoms with Crippen LogP contribution in [0, 0.1) is 6.92 Å². The Labute approximate surface area is 128 Å². The molecule has 0 aliphatic carbocycles. The van der Waals surface area contributed by atoms with Crippen molar-refractivity contribution in [3.05, 3.63) is 63.7 Å². The second-order valence-corrected chi connectivity index (χ2v) is 5.90. The normalized spacial score (nSPS) is 18.3. The lowest BCUT2D eigenvalue weighted by atomic mass is 9.95. The van der Waals surface area contributed by atoms with Crippen molar-refractivity contribution in [3.63, 3.8) is 0 Å². The van der Waals surface area contributed by atoms with Gasteiger partial charge < -0.3 is 10.4 Å². The maximum absolute atomic E-state index is 11.7. The molecule has 1 heterocycles. The standard InChI is InChI=1S/C17H16ClNO2/c1-9-3-5-11(6-4-9)16(20)12-7-13-10(2)17(21)19-15(13)14(18)8-12/h3-8,10,16,20H,1-2H3,(H,19,21). The van der Waals surface area contributed by atoms with Crippen LogP contribution in [0.3, 0.4) is 0 Å². The van der Waals surface area contributed by atoms with Crippen LogP contribution in [0.4, 0.5) is 5.69 Å². The first kappa shape index (κ1) is 14.1. The molecule has 3 rings (SSSR count). The molecular weight excluding hydrogens is 286 g/mol. The summed E-state index contributed by atoms with van der Waals surface area (Å²) in [5.74, 6) is -0.309. The Hall–Kier alpha value is -1.84. The number of rotatable bonds is 2. The van der Waals surface area contributed by atoms with Crippen molar-refractivity contribution in [2.75, 3.05) is 5.32 Å². The largest absolute Gasteiger partial charge is 0.384 e. The minimum absolute atomic E-state index is 0.0612. The number of benzene rings is 2. The fourth-order valence-electron chi connectivity index (χ4n) is 2.59. The molecule has 1 aliphatic heterocycles. The third-order valence-electron chi connectivity index (χ3n) is 3.96. The van der Waals surface area contributed by atoms with Gasteiger partial charge in [0.05, 0.1) is 16.6 Å². The first-order valence-corrected chi connectivity index (χ1v) is 7.24. The van der Waals surface area contributed by atoms with Gasteiger partial charge in [0, 0.05) is 0 Å². The van der Waals surface area contributed by atoms with E-state index in [0.29, 0.717) is 16.3 Å². The highest BCUT2D eigenvalue weighted by molar-refractivity contribution is 6.34. The molecule has 0 aromatic heterocycles. The highest BCUT2D eigenvalue weighted by Crippen LogP contribution is 2.40. The number of hydrogen-bond donors (Lipinski definition) is 2. The van der Waals surface area contributed by atoms with E-state index in [0.717, 1.165) is 16.7 Å². The summed E-state index contributed by atoms with van der Waals surface area (Å²) < 4.78 is 0. The third kappa shape index (κ3) is 2.43. The Balaban J connectivity index is 2.02. The summed E-state index contributed by atoms with van der Waals surface area (Å²) in [6.07, 6.45) is -0.753. The van der Waals surface area contributed by atoms with Crippen molar-refractivity contribution in [1.82, 2.24) is 0 Å². The number of anilines is 1. The van der Waals surface area contributed by atoms with E-state index in [2.05, 4.69) is 5.32 Å². The summed E-state index contributed by atoms with van der Waals surface area (Å²) in [6, 6.07) is 11.3. The summed E-state index contributed by atoms with van der Waals surface area (Å²) in [4.78, 5) is 11.7. The molecular formula is C17H16ClNO2. The molecule has 3 nitrogen and oxygen atoms in total. The fourth-order valence-corrected chi connectivity index (χ4v) is 2.88. The molecule has 1 amide bonds. The zero-order valence-electron chi connectivity index (χ0n) is 11.9. The van der Waals surface area contributed by atoms with E-state index in [1.807, 2.05) is 44.2 Å². The number of nitrogens with one attached hydrogen (secondary N) is 1. The van der Waals surface area contributed by atoms with Crippen molar-refractivity contribution < 1.29 is 9.90 Å². The number of aliphatic hydroxyl groups excluding tert-OH is 1. The quantitative estimate of drug-likeness (QED) is 0.886. The Morgan fingerprint density at radius 2 is 1.86 bits per heavy atom. The number of hydrogen-bond acceptors (Lipinski definition) is 2. The van der Waals surface area contributed by atoms with Gasteiger partial charge in [-0.05, 0) is 42.7 Å². The number of amides is 1. The molecule has 1 aliphatic rings. The topological polar surface area (TPSA) is 49.3 Å². The van der Waals surface area contributed by atoms with E-state index in [-0.39, 0.29) is 11.8 Å². The Morgan fingerprint density at radius 3 is 2.52 bits per heavy atom. The minimum atomic E-state index is -0.753. The van der Waals surface area contributed by atoms with E-state index in [1.165, 1.54) is 0 Å². The SMILES string of the molecule is Cc1ccc(C(O)c2cc(Cl)c3c(c2)C(C)C(=O)N3)cc1. The van der Waals surface area contributed by atoms with E-state index in [4.69, 9.17) is 11.6 Å². The molecule has 0 saturated carbocycles. The molecule has 2 aromatic carbocycles. The van der Waals surface area contributed by atoms with E-state index < -0.39 is 6.10 Å². The number of fused-ring (bicyclic) bond motifs is 1. The van der Waals surface area contributed by atoms with Crippen LogP contribution in [0.25, 0.3) is 0 Å². The third-order valence-corrected chi connectivity index (χ3v) is 4.26. The van der Waals surface area contributed by atoms with E-state index >= 15 is 0 Å². The van der Waals surface area contributed by atoms with E-state index in [9.17, 15) is 9.90 Å². The first-order valence-electron chi connectivity index (χ1n) is 6.86.